The average molecular weight is 365 g/mol. The topological polar surface area (TPSA) is 126 Å². The molecular weight excluding hydrogens is 342 g/mol. The standard InChI is InChI=1S/C15H23N3O2.C2H2O4/c1-4-18(5-2)10-8-12-11-17(3)15(19)13-7-6-9-16-14(13)20-12;3-1(4)2(5)6/h6-7,9,12H,4-5,8,10-11H2,1-3H3;(H,3,4)(H,5,6)/p-2. The van der Waals surface area contributed by atoms with Crippen LogP contribution in [0.15, 0.2) is 18.3 Å². The number of carboxylic acid groups (broad SMARTS) is 2. The highest BCUT2D eigenvalue weighted by molar-refractivity contribution is 6.25. The Morgan fingerprint density at radius 2 is 1.92 bits per heavy atom. The minimum Gasteiger partial charge on any atom is -0.543 e. The molecule has 9 heteroatoms. The summed E-state index contributed by atoms with van der Waals surface area (Å²) in [7, 11) is 1.82. The van der Waals surface area contributed by atoms with Crippen LogP contribution in [0, 0.1) is 0 Å². The van der Waals surface area contributed by atoms with Gasteiger partial charge in [0.25, 0.3) is 5.91 Å². The first-order chi connectivity index (χ1) is 12.3. The summed E-state index contributed by atoms with van der Waals surface area (Å²) in [6.45, 7) is 7.96. The second kappa shape index (κ2) is 10.3. The van der Waals surface area contributed by atoms with E-state index in [0.717, 1.165) is 26.1 Å². The van der Waals surface area contributed by atoms with Crippen LogP contribution in [0.3, 0.4) is 0 Å². The molecule has 9 nitrogen and oxygen atoms in total. The van der Waals surface area contributed by atoms with Gasteiger partial charge in [-0.2, -0.15) is 0 Å². The van der Waals surface area contributed by atoms with E-state index in [1.807, 2.05) is 7.05 Å². The molecular formula is C17H23N3O6-2. The number of ether oxygens (including phenoxy) is 1. The molecule has 0 aliphatic carbocycles. The summed E-state index contributed by atoms with van der Waals surface area (Å²) in [5.74, 6) is -3.92. The van der Waals surface area contributed by atoms with Crippen molar-refractivity contribution in [3.8, 4) is 5.88 Å². The third kappa shape index (κ3) is 6.32. The van der Waals surface area contributed by atoms with E-state index < -0.39 is 11.9 Å². The first-order valence-corrected chi connectivity index (χ1v) is 8.31. The van der Waals surface area contributed by atoms with E-state index >= 15 is 0 Å². The smallest absolute Gasteiger partial charge is 0.259 e. The van der Waals surface area contributed by atoms with Crippen molar-refractivity contribution in [3.63, 3.8) is 0 Å². The van der Waals surface area contributed by atoms with Crippen LogP contribution in [0.5, 0.6) is 5.88 Å². The Morgan fingerprint density at radius 1 is 1.31 bits per heavy atom. The first kappa shape index (κ1) is 21.4. The normalized spacial score (nSPS) is 16.1. The van der Waals surface area contributed by atoms with Crippen molar-refractivity contribution in [2.45, 2.75) is 26.4 Å². The number of pyridine rings is 1. The lowest BCUT2D eigenvalue weighted by Gasteiger charge is -2.24. The van der Waals surface area contributed by atoms with Gasteiger partial charge in [-0.3, -0.25) is 4.79 Å². The highest BCUT2D eigenvalue weighted by Gasteiger charge is 2.27. The zero-order valence-corrected chi connectivity index (χ0v) is 15.1. The van der Waals surface area contributed by atoms with Gasteiger partial charge >= 0.3 is 0 Å². The Hall–Kier alpha value is -2.68. The van der Waals surface area contributed by atoms with Crippen LogP contribution in [-0.4, -0.2) is 72.0 Å². The summed E-state index contributed by atoms with van der Waals surface area (Å²) >= 11 is 0. The molecule has 0 radical (unpaired) electrons. The maximum atomic E-state index is 12.2. The molecule has 0 saturated heterocycles. The number of aliphatic carboxylic acids is 2. The summed E-state index contributed by atoms with van der Waals surface area (Å²) in [5.41, 5.74) is 0.556. The molecule has 2 rings (SSSR count). The molecule has 1 atom stereocenters. The summed E-state index contributed by atoms with van der Waals surface area (Å²) in [6.07, 6.45) is 2.56. The van der Waals surface area contributed by atoms with E-state index in [0.29, 0.717) is 18.0 Å². The third-order valence-corrected chi connectivity index (χ3v) is 3.93. The van der Waals surface area contributed by atoms with Crippen molar-refractivity contribution in [1.29, 1.82) is 0 Å². The monoisotopic (exact) mass is 365 g/mol. The summed E-state index contributed by atoms with van der Waals surface area (Å²) in [5, 5.41) is 17.9. The van der Waals surface area contributed by atoms with E-state index in [-0.39, 0.29) is 12.0 Å². The fraction of sp³-hybridized carbons (Fsp3) is 0.529. The summed E-state index contributed by atoms with van der Waals surface area (Å²) in [4.78, 5) is 38.4. The van der Waals surface area contributed by atoms with Gasteiger partial charge < -0.3 is 34.3 Å². The van der Waals surface area contributed by atoms with Crippen LogP contribution < -0.4 is 14.9 Å². The van der Waals surface area contributed by atoms with Gasteiger partial charge in [0.1, 0.15) is 11.7 Å². The number of hydrogen-bond acceptors (Lipinski definition) is 8. The number of carboxylic acids is 2. The molecule has 144 valence electrons. The van der Waals surface area contributed by atoms with Crippen LogP contribution in [0.4, 0.5) is 0 Å². The van der Waals surface area contributed by atoms with Gasteiger partial charge in [0.2, 0.25) is 5.88 Å². The first-order valence-electron chi connectivity index (χ1n) is 8.31. The number of fused-ring (bicyclic) bond motifs is 1. The second-order valence-corrected chi connectivity index (χ2v) is 5.67. The Morgan fingerprint density at radius 3 is 2.46 bits per heavy atom. The van der Waals surface area contributed by atoms with Gasteiger partial charge in [0.05, 0.1) is 18.5 Å². The predicted octanol–water partition coefficient (Wildman–Crippen LogP) is -1.87. The fourth-order valence-corrected chi connectivity index (χ4v) is 2.45. The van der Waals surface area contributed by atoms with Crippen molar-refractivity contribution in [1.82, 2.24) is 14.8 Å². The lowest BCUT2D eigenvalue weighted by molar-refractivity contribution is -0.345. The largest absolute Gasteiger partial charge is 0.543 e. The zero-order valence-electron chi connectivity index (χ0n) is 15.1. The number of amides is 1. The lowest BCUT2D eigenvalue weighted by Crippen LogP contribution is -2.42. The SMILES string of the molecule is CCN(CC)CCC1CN(C)C(=O)c2cccnc2O1.O=C([O-])C(=O)[O-]. The Balaban J connectivity index is 0.000000487. The van der Waals surface area contributed by atoms with E-state index in [1.165, 1.54) is 0 Å². The van der Waals surface area contributed by atoms with Crippen molar-refractivity contribution in [3.05, 3.63) is 23.9 Å². The molecule has 1 aromatic rings. The fourth-order valence-electron chi connectivity index (χ4n) is 2.45. The van der Waals surface area contributed by atoms with E-state index in [1.54, 1.807) is 23.2 Å². The van der Waals surface area contributed by atoms with Gasteiger partial charge in [-0.1, -0.05) is 13.8 Å². The molecule has 1 unspecified atom stereocenters. The van der Waals surface area contributed by atoms with Crippen molar-refractivity contribution in [2.75, 3.05) is 33.2 Å². The molecule has 1 aliphatic rings. The molecule has 1 aliphatic heterocycles. The third-order valence-electron chi connectivity index (χ3n) is 3.93. The van der Waals surface area contributed by atoms with Gasteiger partial charge in [-0.05, 0) is 31.6 Å². The number of aromatic nitrogens is 1. The van der Waals surface area contributed by atoms with Crippen molar-refractivity contribution < 1.29 is 29.3 Å². The van der Waals surface area contributed by atoms with E-state index in [2.05, 4.69) is 23.7 Å². The summed E-state index contributed by atoms with van der Waals surface area (Å²) in [6, 6.07) is 3.54. The van der Waals surface area contributed by atoms with E-state index in [9.17, 15) is 4.79 Å². The van der Waals surface area contributed by atoms with Gasteiger partial charge in [-0.25, -0.2) is 4.98 Å². The molecule has 0 fully saturated rings. The molecule has 2 heterocycles. The highest BCUT2D eigenvalue weighted by Crippen LogP contribution is 2.22. The van der Waals surface area contributed by atoms with Crippen LogP contribution in [0.1, 0.15) is 30.6 Å². The Labute approximate surface area is 152 Å². The number of carbonyl (C=O) groups excluding carboxylic acids is 3. The Bertz CT molecular complexity index is 621. The number of rotatable bonds is 5. The molecule has 0 bridgehead atoms. The molecule has 1 amide bonds. The van der Waals surface area contributed by atoms with Crippen LogP contribution in [0.2, 0.25) is 0 Å². The lowest BCUT2D eigenvalue weighted by atomic mass is 10.2. The summed E-state index contributed by atoms with van der Waals surface area (Å²) < 4.78 is 5.94. The minimum absolute atomic E-state index is 0.000648. The molecule has 0 aromatic carbocycles. The van der Waals surface area contributed by atoms with Crippen molar-refractivity contribution in [2.24, 2.45) is 0 Å². The molecule has 1 aromatic heterocycles. The number of likely N-dealkylation sites (N-methyl/N-ethyl adjacent to an activating group) is 1. The molecule has 0 N–H and O–H groups in total. The number of carbonyl (C=O) groups is 3. The number of nitrogens with zero attached hydrogens (tertiary/aromatic N) is 3. The Kier molecular flexibility index (Phi) is 8.50. The molecule has 26 heavy (non-hydrogen) atoms. The average Bonchev–Trinajstić information content (AvgIpc) is 2.73. The molecule has 0 saturated carbocycles. The maximum absolute atomic E-state index is 12.2. The van der Waals surface area contributed by atoms with Crippen LogP contribution in [-0.2, 0) is 9.59 Å². The van der Waals surface area contributed by atoms with Crippen LogP contribution >= 0.6 is 0 Å². The predicted molar refractivity (Wildman–Crippen MR) is 88.0 cm³/mol. The highest BCUT2D eigenvalue weighted by atomic mass is 16.5. The van der Waals surface area contributed by atoms with Crippen molar-refractivity contribution >= 4 is 17.8 Å². The number of hydrogen-bond donors (Lipinski definition) is 0. The zero-order chi connectivity index (χ0) is 19.7. The molecule has 0 spiro atoms. The van der Waals surface area contributed by atoms with E-state index in [4.69, 9.17) is 24.5 Å². The van der Waals surface area contributed by atoms with Gasteiger partial charge in [0.15, 0.2) is 0 Å². The van der Waals surface area contributed by atoms with Crippen LogP contribution in [0.25, 0.3) is 0 Å². The second-order valence-electron chi connectivity index (χ2n) is 5.67. The van der Waals surface area contributed by atoms with Gasteiger partial charge in [0, 0.05) is 19.8 Å². The van der Waals surface area contributed by atoms with Gasteiger partial charge in [-0.15, -0.1) is 0 Å². The minimum atomic E-state index is -2.19. The quantitative estimate of drug-likeness (QED) is 0.556. The maximum Gasteiger partial charge on any atom is 0.259 e.